The summed E-state index contributed by atoms with van der Waals surface area (Å²) in [5.41, 5.74) is 4.71. The van der Waals surface area contributed by atoms with Crippen LogP contribution in [0.15, 0.2) is 36.4 Å². The fourth-order valence-electron chi connectivity index (χ4n) is 4.28. The fraction of sp³-hybridized carbons (Fsp3) is 0.429. The Morgan fingerprint density at radius 1 is 0.957 bits per heavy atom. The second kappa shape index (κ2) is 5.30. The van der Waals surface area contributed by atoms with Gasteiger partial charge in [-0.2, -0.15) is 0 Å². The van der Waals surface area contributed by atoms with Gasteiger partial charge in [-0.3, -0.25) is 0 Å². The molecule has 0 aliphatic heterocycles. The summed E-state index contributed by atoms with van der Waals surface area (Å²) < 4.78 is 0. The third kappa shape index (κ3) is 2.50. The Morgan fingerprint density at radius 3 is 2.22 bits per heavy atom. The Morgan fingerprint density at radius 2 is 1.61 bits per heavy atom. The van der Waals surface area contributed by atoms with Crippen LogP contribution in [0.2, 0.25) is 0 Å². The van der Waals surface area contributed by atoms with Gasteiger partial charge in [0.15, 0.2) is 0 Å². The lowest BCUT2D eigenvalue weighted by atomic mass is 9.75. The average Bonchev–Trinajstić information content (AvgIpc) is 2.68. The maximum absolute atomic E-state index is 10.5. The molecule has 122 valence electrons. The molecule has 2 aromatic carbocycles. The van der Waals surface area contributed by atoms with Crippen molar-refractivity contribution in [3.63, 3.8) is 0 Å². The summed E-state index contributed by atoms with van der Waals surface area (Å²) in [6.07, 6.45) is 2.93. The van der Waals surface area contributed by atoms with Gasteiger partial charge in [0.2, 0.25) is 0 Å². The number of hydrogen-bond donors (Lipinski definition) is 2. The van der Waals surface area contributed by atoms with Gasteiger partial charge in [0.05, 0.1) is 0 Å². The maximum Gasteiger partial charge on any atom is 0.119 e. The first-order chi connectivity index (χ1) is 10.8. The zero-order chi connectivity index (χ0) is 16.8. The van der Waals surface area contributed by atoms with Crippen molar-refractivity contribution in [2.24, 2.45) is 0 Å². The summed E-state index contributed by atoms with van der Waals surface area (Å²) in [7, 11) is 0. The number of aromatic hydroxyl groups is 2. The van der Waals surface area contributed by atoms with Crippen molar-refractivity contribution >= 4 is 0 Å². The van der Waals surface area contributed by atoms with E-state index in [1.165, 1.54) is 16.7 Å². The van der Waals surface area contributed by atoms with Gasteiger partial charge < -0.3 is 10.2 Å². The predicted octanol–water partition coefficient (Wildman–Crippen LogP) is 5.04. The van der Waals surface area contributed by atoms with Crippen molar-refractivity contribution in [1.82, 2.24) is 0 Å². The van der Waals surface area contributed by atoms with Crippen LogP contribution in [-0.4, -0.2) is 10.2 Å². The molecule has 1 aliphatic rings. The molecule has 0 bridgehead atoms. The van der Waals surface area contributed by atoms with E-state index in [1.54, 1.807) is 12.1 Å². The van der Waals surface area contributed by atoms with Gasteiger partial charge in [0, 0.05) is 5.41 Å². The van der Waals surface area contributed by atoms with E-state index in [-0.39, 0.29) is 16.6 Å². The van der Waals surface area contributed by atoms with Gasteiger partial charge >= 0.3 is 0 Å². The molecule has 23 heavy (non-hydrogen) atoms. The number of hydrogen-bond acceptors (Lipinski definition) is 2. The Bertz CT molecular complexity index is 728. The minimum atomic E-state index is -0.144. The summed E-state index contributed by atoms with van der Waals surface area (Å²) in [5.74, 6) is 0.698. The van der Waals surface area contributed by atoms with Crippen LogP contribution >= 0.6 is 0 Å². The molecule has 2 nitrogen and oxygen atoms in total. The highest BCUT2D eigenvalue weighted by molar-refractivity contribution is 5.56. The van der Waals surface area contributed by atoms with Crippen LogP contribution in [0.1, 0.15) is 62.8 Å². The van der Waals surface area contributed by atoms with Crippen molar-refractivity contribution < 1.29 is 10.2 Å². The lowest BCUT2D eigenvalue weighted by Crippen LogP contribution is -2.23. The van der Waals surface area contributed by atoms with Crippen LogP contribution in [0.3, 0.4) is 0 Å². The van der Waals surface area contributed by atoms with Gasteiger partial charge in [-0.1, -0.05) is 52.3 Å². The summed E-state index contributed by atoms with van der Waals surface area (Å²) >= 11 is 0. The minimum absolute atomic E-state index is 0.0676. The van der Waals surface area contributed by atoms with Crippen molar-refractivity contribution in [1.29, 1.82) is 0 Å². The van der Waals surface area contributed by atoms with Gasteiger partial charge in [-0.15, -0.1) is 0 Å². The predicted molar refractivity (Wildman–Crippen MR) is 94.3 cm³/mol. The molecule has 0 radical (unpaired) electrons. The van der Waals surface area contributed by atoms with E-state index in [0.717, 1.165) is 24.8 Å². The molecule has 0 saturated carbocycles. The van der Waals surface area contributed by atoms with Crippen LogP contribution in [0.25, 0.3) is 0 Å². The van der Waals surface area contributed by atoms with E-state index in [1.807, 2.05) is 18.2 Å². The Kier molecular flexibility index (Phi) is 3.66. The van der Waals surface area contributed by atoms with Gasteiger partial charge in [-0.05, 0) is 58.7 Å². The molecule has 3 rings (SSSR count). The molecule has 0 spiro atoms. The summed E-state index contributed by atoms with van der Waals surface area (Å²) in [6.45, 7) is 8.94. The van der Waals surface area contributed by atoms with Crippen LogP contribution in [0, 0.1) is 0 Å². The maximum atomic E-state index is 10.5. The molecule has 0 heterocycles. The number of aryl methyl sites for hydroxylation is 1. The third-order valence-corrected chi connectivity index (χ3v) is 5.36. The third-order valence-electron chi connectivity index (χ3n) is 5.36. The first-order valence-electron chi connectivity index (χ1n) is 8.44. The number of fused-ring (bicyclic) bond motifs is 1. The van der Waals surface area contributed by atoms with Gasteiger partial charge in [0.1, 0.15) is 11.5 Å². The average molecular weight is 310 g/mol. The van der Waals surface area contributed by atoms with E-state index in [0.29, 0.717) is 5.75 Å². The van der Waals surface area contributed by atoms with Crippen molar-refractivity contribution in [2.75, 3.05) is 0 Å². The SMILES string of the molecule is CCCc1cc2c(cc1O)C(C)(c1ccc(O)cc1)CC2(C)C. The largest absolute Gasteiger partial charge is 0.508 e. The highest BCUT2D eigenvalue weighted by Gasteiger charge is 2.46. The van der Waals surface area contributed by atoms with E-state index in [9.17, 15) is 10.2 Å². The molecule has 2 aromatic rings. The standard InChI is InChI=1S/C21H26O2/c1-5-6-14-11-17-18(12-19(14)23)21(4,13-20(17,2)3)15-7-9-16(22)10-8-15/h7-12,22-23H,5-6,13H2,1-4H3. The number of phenolic OH excluding ortho intramolecular Hbond substituents is 2. The summed E-state index contributed by atoms with van der Waals surface area (Å²) in [6, 6.07) is 11.7. The topological polar surface area (TPSA) is 40.5 Å². The molecule has 2 N–H and O–H groups in total. The van der Waals surface area contributed by atoms with Crippen molar-refractivity contribution in [3.05, 3.63) is 58.7 Å². The first kappa shape index (κ1) is 15.9. The van der Waals surface area contributed by atoms with Gasteiger partial charge in [-0.25, -0.2) is 0 Å². The second-order valence-electron chi connectivity index (χ2n) is 7.72. The second-order valence-corrected chi connectivity index (χ2v) is 7.72. The van der Waals surface area contributed by atoms with Crippen LogP contribution in [-0.2, 0) is 17.3 Å². The molecule has 1 atom stereocenters. The van der Waals surface area contributed by atoms with Crippen LogP contribution in [0.4, 0.5) is 0 Å². The molecule has 0 fully saturated rings. The molecular formula is C21H26O2. The molecule has 2 heteroatoms. The first-order valence-corrected chi connectivity index (χ1v) is 8.44. The minimum Gasteiger partial charge on any atom is -0.508 e. The molecule has 0 amide bonds. The Balaban J connectivity index is 2.18. The molecular weight excluding hydrogens is 284 g/mol. The van der Waals surface area contributed by atoms with E-state index >= 15 is 0 Å². The van der Waals surface area contributed by atoms with Crippen molar-refractivity contribution in [2.45, 2.75) is 57.8 Å². The van der Waals surface area contributed by atoms with Gasteiger partial charge in [0.25, 0.3) is 0 Å². The fourth-order valence-corrected chi connectivity index (χ4v) is 4.28. The lowest BCUT2D eigenvalue weighted by molar-refractivity contribution is 0.423. The highest BCUT2D eigenvalue weighted by Crippen LogP contribution is 2.54. The summed E-state index contributed by atoms with van der Waals surface area (Å²) in [4.78, 5) is 0. The molecule has 0 aromatic heterocycles. The number of benzene rings is 2. The van der Waals surface area contributed by atoms with E-state index in [4.69, 9.17) is 0 Å². The quantitative estimate of drug-likeness (QED) is 0.834. The van der Waals surface area contributed by atoms with E-state index in [2.05, 4.69) is 33.8 Å². The zero-order valence-electron chi connectivity index (χ0n) is 14.5. The van der Waals surface area contributed by atoms with Crippen LogP contribution in [0.5, 0.6) is 11.5 Å². The van der Waals surface area contributed by atoms with E-state index < -0.39 is 0 Å². The monoisotopic (exact) mass is 310 g/mol. The Labute approximate surface area is 138 Å². The van der Waals surface area contributed by atoms with Crippen molar-refractivity contribution in [3.8, 4) is 11.5 Å². The number of rotatable bonds is 3. The zero-order valence-corrected chi connectivity index (χ0v) is 14.5. The Hall–Kier alpha value is -1.96. The van der Waals surface area contributed by atoms with Crippen LogP contribution < -0.4 is 0 Å². The molecule has 1 aliphatic carbocycles. The summed E-state index contributed by atoms with van der Waals surface area (Å²) in [5, 5.41) is 20.0. The molecule has 0 saturated heterocycles. The normalized spacial score (nSPS) is 22.1. The smallest absolute Gasteiger partial charge is 0.119 e. The lowest BCUT2D eigenvalue weighted by Gasteiger charge is -2.28. The number of phenols is 2. The molecule has 1 unspecified atom stereocenters. The highest BCUT2D eigenvalue weighted by atomic mass is 16.3.